The van der Waals surface area contributed by atoms with Crippen LogP contribution in [0.15, 0.2) is 72.8 Å². The molecule has 190 valence electrons. The van der Waals surface area contributed by atoms with Gasteiger partial charge >= 0.3 is 37.9 Å². The third kappa shape index (κ3) is 6.78. The van der Waals surface area contributed by atoms with E-state index in [1.807, 2.05) is 0 Å². The predicted molar refractivity (Wildman–Crippen MR) is 158 cm³/mol. The molecule has 0 bridgehead atoms. The molecule has 0 fully saturated rings. The van der Waals surface area contributed by atoms with Gasteiger partial charge in [-0.1, -0.05) is 122 Å². The zero-order chi connectivity index (χ0) is 26.9. The molecule has 4 aromatic carbocycles. The first-order valence-corrected chi connectivity index (χ1v) is 18.9. The molecule has 0 aliphatic rings. The SMILES string of the molecule is CC(C)(C)c1cc(-c2c(C(C)(C)C)ccc3[cH-]c(-c4ccccc4)cc23)cc(C(C)(C)C)c1.[Cl][Zr][Cl]. The van der Waals surface area contributed by atoms with Gasteiger partial charge in [0.2, 0.25) is 0 Å². The second-order valence-corrected chi connectivity index (χ2v) is 16.5. The van der Waals surface area contributed by atoms with Gasteiger partial charge in [0.1, 0.15) is 0 Å². The molecule has 0 radical (unpaired) electrons. The average Bonchev–Trinajstić information content (AvgIpc) is 3.22. The Kier molecular flexibility index (Phi) is 9.14. The van der Waals surface area contributed by atoms with Gasteiger partial charge in [-0.15, -0.1) is 34.5 Å². The quantitative estimate of drug-likeness (QED) is 0.202. The van der Waals surface area contributed by atoms with Crippen LogP contribution in [0, 0.1) is 0 Å². The molecule has 36 heavy (non-hydrogen) atoms. The Bertz CT molecular complexity index is 1280. The molecular formula is C33H39Cl2Zr-. The van der Waals surface area contributed by atoms with E-state index in [4.69, 9.17) is 17.0 Å². The van der Waals surface area contributed by atoms with Gasteiger partial charge in [-0.3, -0.25) is 0 Å². The van der Waals surface area contributed by atoms with Crippen molar-refractivity contribution < 1.29 is 20.8 Å². The standard InChI is InChI=1S/C33H39.2ClH.Zr/c1-31(2,3)26-18-25(19-27(21-26)32(4,5)6)30-28-20-24(22-13-11-10-12-14-22)17-23(28)15-16-29(30)33(7,8)9;;;/h10-21H,1-9H3;2*1H;/q-1;;;+2/p-2. The first kappa shape index (κ1) is 29.3. The first-order valence-electron chi connectivity index (χ1n) is 12.6. The summed E-state index contributed by atoms with van der Waals surface area (Å²) in [5, 5.41) is 2.67. The third-order valence-electron chi connectivity index (χ3n) is 6.76. The van der Waals surface area contributed by atoms with Gasteiger partial charge in [-0.25, -0.2) is 0 Å². The Hall–Kier alpha value is -1.27. The molecule has 0 saturated carbocycles. The van der Waals surface area contributed by atoms with Crippen molar-refractivity contribution in [2.75, 3.05) is 0 Å². The fraction of sp³-hybridized carbons (Fsp3) is 0.364. The number of rotatable bonds is 2. The summed E-state index contributed by atoms with van der Waals surface area (Å²) in [5.41, 5.74) is 9.73. The predicted octanol–water partition coefficient (Wildman–Crippen LogP) is 11.2. The normalized spacial score (nSPS) is 12.3. The molecule has 0 amide bonds. The van der Waals surface area contributed by atoms with E-state index < -0.39 is 20.8 Å². The molecule has 0 aromatic heterocycles. The van der Waals surface area contributed by atoms with Crippen LogP contribution in [0.5, 0.6) is 0 Å². The van der Waals surface area contributed by atoms with E-state index >= 15 is 0 Å². The Morgan fingerprint density at radius 3 is 1.61 bits per heavy atom. The van der Waals surface area contributed by atoms with Crippen molar-refractivity contribution in [2.24, 2.45) is 0 Å². The number of fused-ring (bicyclic) bond motifs is 1. The van der Waals surface area contributed by atoms with Crippen molar-refractivity contribution in [3.8, 4) is 22.3 Å². The van der Waals surface area contributed by atoms with Crippen LogP contribution in [0.4, 0.5) is 0 Å². The minimum atomic E-state index is -0.826. The van der Waals surface area contributed by atoms with Crippen molar-refractivity contribution in [1.29, 1.82) is 0 Å². The van der Waals surface area contributed by atoms with Crippen molar-refractivity contribution >= 4 is 27.8 Å². The second kappa shape index (κ2) is 11.2. The summed E-state index contributed by atoms with van der Waals surface area (Å²) in [6.45, 7) is 20.9. The molecule has 0 nitrogen and oxygen atoms in total. The summed E-state index contributed by atoms with van der Waals surface area (Å²) in [6, 6.07) is 27.4. The molecular weight excluding hydrogens is 558 g/mol. The molecule has 0 unspecified atom stereocenters. The van der Waals surface area contributed by atoms with Crippen LogP contribution in [0.2, 0.25) is 0 Å². The van der Waals surface area contributed by atoms with Gasteiger partial charge in [0.25, 0.3) is 0 Å². The summed E-state index contributed by atoms with van der Waals surface area (Å²) in [4.78, 5) is 0. The zero-order valence-electron chi connectivity index (χ0n) is 23.2. The van der Waals surface area contributed by atoms with Gasteiger partial charge in [0.05, 0.1) is 0 Å². The molecule has 0 spiro atoms. The molecule has 0 N–H and O–H groups in total. The fourth-order valence-electron chi connectivity index (χ4n) is 4.65. The molecule has 0 aliphatic carbocycles. The maximum absolute atomic E-state index is 4.93. The van der Waals surface area contributed by atoms with Crippen molar-refractivity contribution in [2.45, 2.75) is 78.6 Å². The number of halogens is 2. The van der Waals surface area contributed by atoms with E-state index in [-0.39, 0.29) is 16.2 Å². The summed E-state index contributed by atoms with van der Waals surface area (Å²) < 4.78 is 0. The van der Waals surface area contributed by atoms with Crippen LogP contribution >= 0.6 is 17.0 Å². The van der Waals surface area contributed by atoms with E-state index in [9.17, 15) is 0 Å². The van der Waals surface area contributed by atoms with Crippen molar-refractivity contribution in [3.63, 3.8) is 0 Å². The van der Waals surface area contributed by atoms with Crippen LogP contribution in [-0.4, -0.2) is 0 Å². The molecule has 4 aromatic rings. The first-order chi connectivity index (χ1) is 16.7. The molecule has 4 rings (SSSR count). The van der Waals surface area contributed by atoms with E-state index in [0.717, 1.165) is 0 Å². The van der Waals surface area contributed by atoms with Gasteiger partial charge < -0.3 is 0 Å². The molecule has 0 atom stereocenters. The summed E-state index contributed by atoms with van der Waals surface area (Å²) in [6.07, 6.45) is 0. The van der Waals surface area contributed by atoms with Crippen LogP contribution < -0.4 is 0 Å². The number of hydrogen-bond acceptors (Lipinski definition) is 0. The Morgan fingerprint density at radius 1 is 0.611 bits per heavy atom. The summed E-state index contributed by atoms with van der Waals surface area (Å²) >= 11 is -0.826. The van der Waals surface area contributed by atoms with Crippen molar-refractivity contribution in [1.82, 2.24) is 0 Å². The second-order valence-electron chi connectivity index (χ2n) is 12.7. The number of benzene rings is 3. The molecule has 0 heterocycles. The summed E-state index contributed by atoms with van der Waals surface area (Å²) in [7, 11) is 9.87. The maximum atomic E-state index is 4.93. The topological polar surface area (TPSA) is 0 Å². The third-order valence-corrected chi connectivity index (χ3v) is 6.76. The van der Waals surface area contributed by atoms with Gasteiger partial charge in [-0.2, -0.15) is 0 Å². The van der Waals surface area contributed by atoms with E-state index in [1.54, 1.807) is 0 Å². The van der Waals surface area contributed by atoms with Crippen molar-refractivity contribution in [3.05, 3.63) is 89.5 Å². The molecule has 0 aliphatic heterocycles. The Balaban J connectivity index is 0.00000115. The van der Waals surface area contributed by atoms with Gasteiger partial charge in [0.15, 0.2) is 0 Å². The van der Waals surface area contributed by atoms with E-state index in [2.05, 4.69) is 135 Å². The number of hydrogen-bond donors (Lipinski definition) is 0. The molecule has 0 saturated heterocycles. The average molecular weight is 598 g/mol. The molecule has 3 heteroatoms. The monoisotopic (exact) mass is 595 g/mol. The zero-order valence-corrected chi connectivity index (χ0v) is 27.2. The van der Waals surface area contributed by atoms with E-state index in [0.29, 0.717) is 0 Å². The van der Waals surface area contributed by atoms with Crippen LogP contribution in [0.25, 0.3) is 33.0 Å². The van der Waals surface area contributed by atoms with Crippen LogP contribution in [0.3, 0.4) is 0 Å². The Morgan fingerprint density at radius 2 is 1.14 bits per heavy atom. The Labute approximate surface area is 237 Å². The minimum absolute atomic E-state index is 0.0489. The van der Waals surface area contributed by atoms with Crippen LogP contribution in [-0.2, 0) is 37.1 Å². The summed E-state index contributed by atoms with van der Waals surface area (Å²) in [5.74, 6) is 0. The van der Waals surface area contributed by atoms with Gasteiger partial charge in [-0.05, 0) is 44.1 Å². The fourth-order valence-corrected chi connectivity index (χ4v) is 4.65. The van der Waals surface area contributed by atoms with Gasteiger partial charge in [0, 0.05) is 0 Å². The van der Waals surface area contributed by atoms with Crippen LogP contribution in [0.1, 0.15) is 79.0 Å². The van der Waals surface area contributed by atoms with E-state index in [1.165, 1.54) is 49.7 Å².